The van der Waals surface area contributed by atoms with Crippen LogP contribution in [0, 0.1) is 0 Å². The minimum atomic E-state index is -3.90. The lowest BCUT2D eigenvalue weighted by Gasteiger charge is -2.20. The van der Waals surface area contributed by atoms with Gasteiger partial charge in [0, 0.05) is 25.2 Å². The Hall–Kier alpha value is -1.16. The summed E-state index contributed by atoms with van der Waals surface area (Å²) in [6.07, 6.45) is 2.18. The monoisotopic (exact) mass is 350 g/mol. The maximum absolute atomic E-state index is 12.8. The molecule has 0 bridgehead atoms. The number of fused-ring (bicyclic) bond motifs is 1. The van der Waals surface area contributed by atoms with E-state index in [0.717, 1.165) is 4.31 Å². The van der Waals surface area contributed by atoms with Gasteiger partial charge in [-0.1, -0.05) is 18.5 Å². The number of aromatic nitrogens is 2. The smallest absolute Gasteiger partial charge is 0.262 e. The van der Waals surface area contributed by atoms with E-state index < -0.39 is 10.0 Å². The van der Waals surface area contributed by atoms with Crippen LogP contribution >= 0.6 is 22.9 Å². The molecule has 2 heterocycles. The minimum Gasteiger partial charge on any atom is -0.358 e. The number of hydrogen-bond donors (Lipinski definition) is 1. The van der Waals surface area contributed by atoms with E-state index in [9.17, 15) is 13.2 Å². The Morgan fingerprint density at radius 3 is 2.90 bits per heavy atom. The molecule has 10 heteroatoms. The van der Waals surface area contributed by atoms with Crippen molar-refractivity contribution in [2.75, 3.05) is 20.1 Å². The van der Waals surface area contributed by atoms with Crippen LogP contribution in [0.1, 0.15) is 13.3 Å². The third-order valence-corrected chi connectivity index (χ3v) is 5.84. The van der Waals surface area contributed by atoms with E-state index in [1.54, 1.807) is 11.6 Å². The second kappa shape index (κ2) is 6.30. The van der Waals surface area contributed by atoms with Crippen molar-refractivity contribution in [3.63, 3.8) is 0 Å². The summed E-state index contributed by atoms with van der Waals surface area (Å²) in [6.45, 7) is 1.81. The number of sulfonamides is 1. The highest BCUT2D eigenvalue weighted by molar-refractivity contribution is 7.89. The van der Waals surface area contributed by atoms with Crippen molar-refractivity contribution in [2.45, 2.75) is 18.4 Å². The van der Waals surface area contributed by atoms with E-state index in [4.69, 9.17) is 11.6 Å². The van der Waals surface area contributed by atoms with Gasteiger partial charge in [0.15, 0.2) is 15.1 Å². The lowest BCUT2D eigenvalue weighted by atomic mass is 10.4. The van der Waals surface area contributed by atoms with Crippen molar-refractivity contribution in [3.8, 4) is 0 Å². The fraction of sp³-hybridized carbons (Fsp3) is 0.455. The highest BCUT2D eigenvalue weighted by Crippen LogP contribution is 2.27. The summed E-state index contributed by atoms with van der Waals surface area (Å²) in [5.74, 6) is -0.380. The van der Waals surface area contributed by atoms with Gasteiger partial charge in [0.25, 0.3) is 10.0 Å². The van der Waals surface area contributed by atoms with Gasteiger partial charge in [0.2, 0.25) is 5.91 Å². The van der Waals surface area contributed by atoms with Gasteiger partial charge in [-0.15, -0.1) is 11.3 Å². The van der Waals surface area contributed by atoms with Crippen LogP contribution in [0.4, 0.5) is 0 Å². The van der Waals surface area contributed by atoms with Crippen LogP contribution < -0.4 is 5.32 Å². The average Bonchev–Trinajstić information content (AvgIpc) is 2.97. The molecule has 2 aromatic rings. The lowest BCUT2D eigenvalue weighted by Crippen LogP contribution is -2.40. The van der Waals surface area contributed by atoms with Gasteiger partial charge in [-0.25, -0.2) is 13.4 Å². The molecule has 21 heavy (non-hydrogen) atoms. The third kappa shape index (κ3) is 3.05. The number of carbonyl (C=O) groups excluding carboxylic acids is 1. The van der Waals surface area contributed by atoms with E-state index in [0.29, 0.717) is 11.4 Å². The largest absolute Gasteiger partial charge is 0.358 e. The van der Waals surface area contributed by atoms with E-state index in [2.05, 4.69) is 10.3 Å². The summed E-state index contributed by atoms with van der Waals surface area (Å²) in [5.41, 5.74) is 0. The Labute approximate surface area is 131 Å². The van der Waals surface area contributed by atoms with E-state index in [1.165, 1.54) is 22.8 Å². The van der Waals surface area contributed by atoms with Gasteiger partial charge in [-0.05, 0) is 6.42 Å². The molecule has 0 aromatic carbocycles. The predicted molar refractivity (Wildman–Crippen MR) is 81.2 cm³/mol. The first kappa shape index (κ1) is 16.2. The molecule has 0 unspecified atom stereocenters. The van der Waals surface area contributed by atoms with Crippen molar-refractivity contribution < 1.29 is 13.2 Å². The number of imidazole rings is 1. The summed E-state index contributed by atoms with van der Waals surface area (Å²) in [7, 11) is -2.44. The summed E-state index contributed by atoms with van der Waals surface area (Å²) >= 11 is 7.26. The predicted octanol–water partition coefficient (Wildman–Crippen LogP) is 1.20. The number of nitrogens with one attached hydrogen (secondary N) is 1. The molecule has 0 radical (unpaired) electrons. The van der Waals surface area contributed by atoms with Crippen LogP contribution in [0.25, 0.3) is 4.96 Å². The molecule has 116 valence electrons. The average molecular weight is 351 g/mol. The first-order chi connectivity index (χ1) is 9.91. The molecule has 1 amide bonds. The van der Waals surface area contributed by atoms with Crippen LogP contribution in [0.2, 0.25) is 5.15 Å². The molecule has 0 fully saturated rings. The van der Waals surface area contributed by atoms with Gasteiger partial charge >= 0.3 is 0 Å². The van der Waals surface area contributed by atoms with Crippen molar-refractivity contribution >= 4 is 43.8 Å². The fourth-order valence-electron chi connectivity index (χ4n) is 1.86. The molecule has 1 N–H and O–H groups in total. The Morgan fingerprint density at radius 2 is 2.29 bits per heavy atom. The Morgan fingerprint density at radius 1 is 1.57 bits per heavy atom. The van der Waals surface area contributed by atoms with Crippen molar-refractivity contribution in [2.24, 2.45) is 0 Å². The lowest BCUT2D eigenvalue weighted by molar-refractivity contribution is -0.120. The first-order valence-electron chi connectivity index (χ1n) is 6.23. The van der Waals surface area contributed by atoms with Gasteiger partial charge in [0.1, 0.15) is 0 Å². The molecule has 0 saturated heterocycles. The third-order valence-electron chi connectivity index (χ3n) is 2.83. The Kier molecular flexibility index (Phi) is 4.87. The van der Waals surface area contributed by atoms with Crippen molar-refractivity contribution in [3.05, 3.63) is 16.7 Å². The Bertz CT molecular complexity index is 753. The number of carbonyl (C=O) groups is 1. The number of likely N-dealkylation sites (N-methyl/N-ethyl adjacent to an activating group) is 1. The maximum atomic E-state index is 12.8. The molecule has 0 aliphatic rings. The quantitative estimate of drug-likeness (QED) is 0.848. The number of hydrogen-bond acceptors (Lipinski definition) is 5. The van der Waals surface area contributed by atoms with Gasteiger partial charge in [-0.2, -0.15) is 4.31 Å². The summed E-state index contributed by atoms with van der Waals surface area (Å²) < 4.78 is 28.1. The molecule has 7 nitrogen and oxygen atoms in total. The van der Waals surface area contributed by atoms with Crippen LogP contribution in [0.5, 0.6) is 0 Å². The van der Waals surface area contributed by atoms with Crippen molar-refractivity contribution in [1.29, 1.82) is 0 Å². The van der Waals surface area contributed by atoms with Crippen LogP contribution in [0.15, 0.2) is 16.6 Å². The fourth-order valence-corrected chi connectivity index (χ4v) is 4.76. The number of amides is 1. The molecular weight excluding hydrogens is 336 g/mol. The topological polar surface area (TPSA) is 83.8 Å². The molecule has 2 rings (SSSR count). The number of thiazole rings is 1. The van der Waals surface area contributed by atoms with E-state index in [-0.39, 0.29) is 29.2 Å². The number of rotatable bonds is 6. The zero-order chi connectivity index (χ0) is 15.6. The summed E-state index contributed by atoms with van der Waals surface area (Å²) in [5, 5.41) is 3.96. The number of halogens is 1. The summed E-state index contributed by atoms with van der Waals surface area (Å²) in [6, 6.07) is 0. The Balaban J connectivity index is 2.49. The molecule has 0 spiro atoms. The zero-order valence-electron chi connectivity index (χ0n) is 11.5. The molecule has 0 saturated carbocycles. The molecule has 2 aromatic heterocycles. The molecule has 0 atom stereocenters. The number of nitrogens with zero attached hydrogens (tertiary/aromatic N) is 3. The maximum Gasteiger partial charge on any atom is 0.262 e. The van der Waals surface area contributed by atoms with E-state index >= 15 is 0 Å². The standard InChI is InChI=1S/C11H15ClN4O3S2/c1-3-4-15(7-8(17)13-2)21(18,19)10-9(12)14-11-16(10)5-6-20-11/h5-6H,3-4,7H2,1-2H3,(H,13,17). The SMILES string of the molecule is CCCN(CC(=O)NC)S(=O)(=O)c1c(Cl)nc2sccn12. The van der Waals surface area contributed by atoms with Gasteiger partial charge in [0.05, 0.1) is 6.54 Å². The normalized spacial score (nSPS) is 12.2. The molecule has 0 aliphatic carbocycles. The van der Waals surface area contributed by atoms with Gasteiger partial charge in [-0.3, -0.25) is 9.20 Å². The molecular formula is C11H15ClN4O3S2. The first-order valence-corrected chi connectivity index (χ1v) is 8.93. The van der Waals surface area contributed by atoms with Crippen LogP contribution in [-0.4, -0.2) is 48.2 Å². The van der Waals surface area contributed by atoms with E-state index in [1.807, 2.05) is 6.92 Å². The zero-order valence-corrected chi connectivity index (χ0v) is 13.9. The van der Waals surface area contributed by atoms with Crippen molar-refractivity contribution in [1.82, 2.24) is 19.0 Å². The second-order valence-electron chi connectivity index (χ2n) is 4.28. The van der Waals surface area contributed by atoms with Crippen LogP contribution in [0.3, 0.4) is 0 Å². The molecule has 0 aliphatic heterocycles. The highest BCUT2D eigenvalue weighted by Gasteiger charge is 2.32. The minimum absolute atomic E-state index is 0.0835. The summed E-state index contributed by atoms with van der Waals surface area (Å²) in [4.78, 5) is 16.1. The van der Waals surface area contributed by atoms with Crippen LogP contribution in [-0.2, 0) is 14.8 Å². The van der Waals surface area contributed by atoms with Gasteiger partial charge < -0.3 is 5.32 Å². The highest BCUT2D eigenvalue weighted by atomic mass is 35.5. The second-order valence-corrected chi connectivity index (χ2v) is 7.36.